The van der Waals surface area contributed by atoms with Gasteiger partial charge in [0.25, 0.3) is 5.56 Å². The summed E-state index contributed by atoms with van der Waals surface area (Å²) in [6, 6.07) is 0. The molecule has 0 aliphatic carbocycles. The molecule has 1 aromatic heterocycles. The van der Waals surface area contributed by atoms with Crippen LogP contribution in [0.1, 0.15) is 11.8 Å². The third kappa shape index (κ3) is 7.67. The Bertz CT molecular complexity index is 1250. The summed E-state index contributed by atoms with van der Waals surface area (Å²) >= 11 is 3.54. The predicted octanol–water partition coefficient (Wildman–Crippen LogP) is -3.94. The van der Waals surface area contributed by atoms with Gasteiger partial charge in [0.2, 0.25) is 0 Å². The van der Waals surface area contributed by atoms with Gasteiger partial charge in [-0.1, -0.05) is 12.2 Å². The Labute approximate surface area is 229 Å². The van der Waals surface area contributed by atoms with Gasteiger partial charge < -0.3 is 50.1 Å². The van der Waals surface area contributed by atoms with Crippen molar-refractivity contribution >= 4 is 26.9 Å². The van der Waals surface area contributed by atoms with Crippen LogP contribution in [0, 0.1) is 12.8 Å². The van der Waals surface area contributed by atoms with E-state index in [4.69, 9.17) is 19.1 Å². The SMILES string of the molecule is Cc1cn([C@@H]2O[C@H](COP(=O)(S)OP(=O)(O)OC3OCC([C@@H](O)CO)C(O)C(O)C3O)[C@@H](O)[C@H]2O)c(=O)[nH]c1=O. The number of nitrogens with one attached hydrogen (secondary N) is 1. The van der Waals surface area contributed by atoms with Crippen LogP contribution in [0.15, 0.2) is 15.8 Å². The second kappa shape index (κ2) is 13.1. The van der Waals surface area contributed by atoms with Crippen molar-refractivity contribution in [3.63, 3.8) is 0 Å². The Hall–Kier alpha value is -1.03. The highest BCUT2D eigenvalue weighted by molar-refractivity contribution is 8.45. The van der Waals surface area contributed by atoms with E-state index in [1.807, 2.05) is 4.98 Å². The zero-order valence-corrected chi connectivity index (χ0v) is 23.2. The largest absolute Gasteiger partial charge is 0.482 e. The summed E-state index contributed by atoms with van der Waals surface area (Å²) < 4.78 is 50.2. The van der Waals surface area contributed by atoms with Gasteiger partial charge in [-0.2, -0.15) is 4.31 Å². The lowest BCUT2D eigenvalue weighted by molar-refractivity contribution is -0.173. The summed E-state index contributed by atoms with van der Waals surface area (Å²) in [5.41, 5.74) is -1.57. The first-order valence-corrected chi connectivity index (χ1v) is 15.7. The normalized spacial score (nSPS) is 36.9. The van der Waals surface area contributed by atoms with Crippen molar-refractivity contribution in [2.75, 3.05) is 19.8 Å². The van der Waals surface area contributed by atoms with Gasteiger partial charge in [-0.05, 0) is 6.92 Å². The van der Waals surface area contributed by atoms with E-state index in [9.17, 15) is 54.3 Å². The van der Waals surface area contributed by atoms with Gasteiger partial charge in [-0.25, -0.2) is 13.9 Å². The molecule has 40 heavy (non-hydrogen) atoms. The Kier molecular flexibility index (Phi) is 11.0. The van der Waals surface area contributed by atoms with E-state index in [1.165, 1.54) is 6.92 Å². The number of thiol groups is 1. The molecule has 0 aromatic carbocycles. The number of aliphatic hydroxyl groups excluding tert-OH is 7. The maximum Gasteiger partial charge on any atom is 0.482 e. The molecule has 22 heteroatoms. The molecular formula is C18H30N2O17P2S. The number of hydrogen-bond donors (Lipinski definition) is 10. The van der Waals surface area contributed by atoms with Crippen LogP contribution < -0.4 is 11.2 Å². The fourth-order valence-electron chi connectivity index (χ4n) is 3.93. The number of H-pyrrole nitrogens is 1. The number of aryl methyl sites for hydroxylation is 1. The van der Waals surface area contributed by atoms with Crippen LogP contribution in [-0.4, -0.2) is 119 Å². The van der Waals surface area contributed by atoms with Crippen molar-refractivity contribution in [2.24, 2.45) is 5.92 Å². The third-order valence-electron chi connectivity index (χ3n) is 6.15. The van der Waals surface area contributed by atoms with Crippen molar-refractivity contribution in [3.8, 4) is 0 Å². The first kappa shape index (κ1) is 33.5. The lowest BCUT2D eigenvalue weighted by Gasteiger charge is -2.28. The Morgan fingerprint density at radius 3 is 2.40 bits per heavy atom. The zero-order chi connectivity index (χ0) is 30.2. The molecule has 3 rings (SSSR count). The van der Waals surface area contributed by atoms with Gasteiger partial charge in [-0.3, -0.25) is 23.4 Å². The molecule has 7 unspecified atom stereocenters. The lowest BCUT2D eigenvalue weighted by Crippen LogP contribution is -2.47. The summed E-state index contributed by atoms with van der Waals surface area (Å²) in [4.78, 5) is 35.7. The molecule has 1 aromatic rings. The summed E-state index contributed by atoms with van der Waals surface area (Å²) in [7, 11) is -5.49. The Morgan fingerprint density at radius 2 is 1.77 bits per heavy atom. The van der Waals surface area contributed by atoms with E-state index in [1.54, 1.807) is 0 Å². The molecule has 0 bridgehead atoms. The second-order valence-electron chi connectivity index (χ2n) is 9.03. The molecule has 12 atom stereocenters. The zero-order valence-electron chi connectivity index (χ0n) is 20.5. The Balaban J connectivity index is 1.63. The molecule has 2 aliphatic heterocycles. The monoisotopic (exact) mass is 640 g/mol. The summed E-state index contributed by atoms with van der Waals surface area (Å²) in [6.07, 6.45) is -15.3. The summed E-state index contributed by atoms with van der Waals surface area (Å²) in [6.45, 7) is -5.86. The predicted molar refractivity (Wildman–Crippen MR) is 131 cm³/mol. The number of aromatic amines is 1. The van der Waals surface area contributed by atoms with E-state index in [0.717, 1.165) is 10.8 Å². The number of phosphoric acid groups is 1. The van der Waals surface area contributed by atoms with Gasteiger partial charge in [0.1, 0.15) is 30.5 Å². The number of ether oxygens (including phenoxy) is 2. The highest BCUT2D eigenvalue weighted by atomic mass is 32.7. The van der Waals surface area contributed by atoms with Crippen molar-refractivity contribution < 1.29 is 72.6 Å². The van der Waals surface area contributed by atoms with Gasteiger partial charge >= 0.3 is 20.3 Å². The highest BCUT2D eigenvalue weighted by Gasteiger charge is 2.48. The van der Waals surface area contributed by atoms with E-state index < -0.39 is 107 Å². The summed E-state index contributed by atoms with van der Waals surface area (Å²) in [5.74, 6) is -1.34. The number of hydrogen-bond acceptors (Lipinski definition) is 16. The van der Waals surface area contributed by atoms with Crippen LogP contribution in [-0.2, 0) is 32.0 Å². The molecule has 0 saturated carbocycles. The molecule has 0 spiro atoms. The maximum absolute atomic E-state index is 12.6. The minimum Gasteiger partial charge on any atom is -0.394 e. The molecule has 9 N–H and O–H groups in total. The molecule has 2 aliphatic rings. The van der Waals surface area contributed by atoms with E-state index in [0.29, 0.717) is 0 Å². The fraction of sp³-hybridized carbons (Fsp3) is 0.778. The van der Waals surface area contributed by atoms with Crippen LogP contribution in [0.2, 0.25) is 0 Å². The molecule has 2 fully saturated rings. The first-order valence-electron chi connectivity index (χ1n) is 11.5. The molecular weight excluding hydrogens is 610 g/mol. The first-order chi connectivity index (χ1) is 18.5. The summed E-state index contributed by atoms with van der Waals surface area (Å²) in [5, 5.41) is 69.8. The second-order valence-corrected chi connectivity index (χ2v) is 13.5. The minimum absolute atomic E-state index is 0.0847. The third-order valence-corrected chi connectivity index (χ3v) is 9.76. The van der Waals surface area contributed by atoms with Crippen LogP contribution in [0.3, 0.4) is 0 Å². The number of rotatable bonds is 10. The van der Waals surface area contributed by atoms with Gasteiger partial charge in [-0.15, -0.1) is 0 Å². The van der Waals surface area contributed by atoms with Crippen molar-refractivity contribution in [1.82, 2.24) is 9.55 Å². The smallest absolute Gasteiger partial charge is 0.394 e. The fourth-order valence-corrected chi connectivity index (χ4v) is 7.13. The average Bonchev–Trinajstić information content (AvgIpc) is 3.10. The van der Waals surface area contributed by atoms with Crippen molar-refractivity contribution in [2.45, 2.75) is 62.2 Å². The lowest BCUT2D eigenvalue weighted by atomic mass is 9.92. The van der Waals surface area contributed by atoms with Gasteiger partial charge in [0, 0.05) is 17.7 Å². The molecule has 2 saturated heterocycles. The Morgan fingerprint density at radius 1 is 1.12 bits per heavy atom. The number of aromatic nitrogens is 2. The molecule has 230 valence electrons. The van der Waals surface area contributed by atoms with E-state index in [2.05, 4.69) is 21.1 Å². The van der Waals surface area contributed by atoms with Crippen LogP contribution >= 0.6 is 26.9 Å². The topological polar surface area (TPSA) is 297 Å². The molecule has 0 amide bonds. The molecule has 19 nitrogen and oxygen atoms in total. The van der Waals surface area contributed by atoms with E-state index >= 15 is 0 Å². The van der Waals surface area contributed by atoms with E-state index in [-0.39, 0.29) is 5.56 Å². The molecule has 0 radical (unpaired) electrons. The van der Waals surface area contributed by atoms with Crippen LogP contribution in [0.25, 0.3) is 0 Å². The minimum atomic E-state index is -5.49. The van der Waals surface area contributed by atoms with Gasteiger partial charge in [0.05, 0.1) is 32.0 Å². The van der Waals surface area contributed by atoms with Crippen LogP contribution in [0.5, 0.6) is 0 Å². The molecule has 3 heterocycles. The standard InChI is InChI=1S/C18H30N2O17P2S/c1-6-2-20(18(29)19-15(6)28)16-13(26)11(24)9(35-16)5-34-39(32,40)37-38(30,31)36-17-14(27)12(25)10(23)7(4-33-17)8(22)3-21/h2,7-14,16-17,21-27H,3-5H2,1H3,(H,30,31)(H,32,40)(H,19,28,29)/t7?,8-,9+,10?,11+,12?,13+,14?,16+,17?,39?/m0/s1. The number of phosphoric ester groups is 1. The van der Waals surface area contributed by atoms with Crippen molar-refractivity contribution in [3.05, 3.63) is 32.6 Å². The number of aliphatic hydroxyl groups is 7. The average molecular weight is 640 g/mol. The maximum atomic E-state index is 12.6. The number of nitrogens with zero attached hydrogens (tertiary/aromatic N) is 1. The van der Waals surface area contributed by atoms with Crippen LogP contribution in [0.4, 0.5) is 0 Å². The van der Waals surface area contributed by atoms with Gasteiger partial charge in [0.15, 0.2) is 12.5 Å². The van der Waals surface area contributed by atoms with Crippen molar-refractivity contribution in [1.29, 1.82) is 0 Å². The quantitative estimate of drug-likeness (QED) is 0.0862. The highest BCUT2D eigenvalue weighted by Crippen LogP contribution is 2.66.